The van der Waals surface area contributed by atoms with E-state index in [2.05, 4.69) is 28.3 Å². The number of rotatable bonds is 4. The maximum atomic E-state index is 13.3. The molecule has 108 valence electrons. The Kier molecular flexibility index (Phi) is 4.07. The fraction of sp³-hybridized carbons (Fsp3) is 0.200. The first-order valence-electron chi connectivity index (χ1n) is 6.61. The van der Waals surface area contributed by atoms with Crippen LogP contribution in [0.5, 0.6) is 0 Å². The molecule has 0 atom stereocenters. The zero-order chi connectivity index (χ0) is 14.8. The highest BCUT2D eigenvalue weighted by Gasteiger charge is 2.12. The van der Waals surface area contributed by atoms with Gasteiger partial charge in [-0.1, -0.05) is 24.8 Å². The summed E-state index contributed by atoms with van der Waals surface area (Å²) < 4.78 is 13.3. The molecule has 0 bridgehead atoms. The summed E-state index contributed by atoms with van der Waals surface area (Å²) in [4.78, 5) is 12.1. The number of aryl methyl sites for hydroxylation is 1. The second-order valence-corrected chi connectivity index (χ2v) is 6.62. The standard InChI is InChI=1S/C15H14FN3S2/c1-3-10-8-12-13(20-10)18-15(17-2)19-14(12)21-11-6-4-5-9(16)7-11/h4-8H,3H2,1-2H3,(H,17,18,19). The fourth-order valence-electron chi connectivity index (χ4n) is 1.95. The molecule has 3 nitrogen and oxygen atoms in total. The van der Waals surface area contributed by atoms with Gasteiger partial charge in [-0.3, -0.25) is 0 Å². The topological polar surface area (TPSA) is 37.8 Å². The van der Waals surface area contributed by atoms with Crippen molar-refractivity contribution in [2.75, 3.05) is 12.4 Å². The summed E-state index contributed by atoms with van der Waals surface area (Å²) in [5, 5.41) is 4.87. The first kappa shape index (κ1) is 14.3. The van der Waals surface area contributed by atoms with Crippen LogP contribution >= 0.6 is 23.1 Å². The summed E-state index contributed by atoms with van der Waals surface area (Å²) in [6, 6.07) is 8.68. The third-order valence-electron chi connectivity index (χ3n) is 2.99. The van der Waals surface area contributed by atoms with E-state index in [0.29, 0.717) is 5.95 Å². The van der Waals surface area contributed by atoms with Crippen LogP contribution in [0.1, 0.15) is 11.8 Å². The Balaban J connectivity index is 2.09. The molecule has 0 saturated heterocycles. The number of aromatic nitrogens is 2. The molecule has 0 spiro atoms. The van der Waals surface area contributed by atoms with E-state index in [4.69, 9.17) is 0 Å². The molecule has 1 N–H and O–H groups in total. The van der Waals surface area contributed by atoms with Crippen molar-refractivity contribution >= 4 is 39.3 Å². The minimum Gasteiger partial charge on any atom is -0.357 e. The van der Waals surface area contributed by atoms with Crippen LogP contribution in [0.15, 0.2) is 40.3 Å². The lowest BCUT2D eigenvalue weighted by molar-refractivity contribution is 0.624. The van der Waals surface area contributed by atoms with Crippen LogP contribution in [0.4, 0.5) is 10.3 Å². The predicted octanol–water partition coefficient (Wildman–Crippen LogP) is 4.59. The van der Waals surface area contributed by atoms with Crippen LogP contribution in [-0.2, 0) is 6.42 Å². The molecule has 0 amide bonds. The minimum absolute atomic E-state index is 0.237. The smallest absolute Gasteiger partial charge is 0.224 e. The summed E-state index contributed by atoms with van der Waals surface area (Å²) in [5.41, 5.74) is 0. The van der Waals surface area contributed by atoms with Crippen molar-refractivity contribution in [3.63, 3.8) is 0 Å². The van der Waals surface area contributed by atoms with Gasteiger partial charge in [0.25, 0.3) is 0 Å². The van der Waals surface area contributed by atoms with E-state index in [0.717, 1.165) is 26.6 Å². The van der Waals surface area contributed by atoms with Gasteiger partial charge in [-0.05, 0) is 30.7 Å². The SMILES string of the molecule is CCc1cc2c(Sc3cccc(F)c3)nc(NC)nc2s1. The third kappa shape index (κ3) is 3.01. The number of hydrogen-bond donors (Lipinski definition) is 1. The highest BCUT2D eigenvalue weighted by atomic mass is 32.2. The quantitative estimate of drug-likeness (QED) is 0.714. The summed E-state index contributed by atoms with van der Waals surface area (Å²) in [5.74, 6) is 0.351. The van der Waals surface area contributed by atoms with Crippen molar-refractivity contribution in [2.45, 2.75) is 23.3 Å². The molecule has 0 fully saturated rings. The molecule has 2 heterocycles. The lowest BCUT2D eigenvalue weighted by Crippen LogP contribution is -1.96. The van der Waals surface area contributed by atoms with Gasteiger partial charge < -0.3 is 5.32 Å². The maximum Gasteiger partial charge on any atom is 0.224 e. The molecule has 3 rings (SSSR count). The normalized spacial score (nSPS) is 11.0. The Labute approximate surface area is 130 Å². The van der Waals surface area contributed by atoms with Gasteiger partial charge in [0.2, 0.25) is 5.95 Å². The minimum atomic E-state index is -0.237. The molecule has 0 aliphatic rings. The first-order chi connectivity index (χ1) is 10.2. The predicted molar refractivity (Wildman–Crippen MR) is 86.9 cm³/mol. The molecule has 0 aliphatic heterocycles. The Morgan fingerprint density at radius 2 is 2.14 bits per heavy atom. The second kappa shape index (κ2) is 5.99. The number of nitrogens with zero attached hydrogens (tertiary/aromatic N) is 2. The van der Waals surface area contributed by atoms with Crippen LogP contribution in [0.3, 0.4) is 0 Å². The number of anilines is 1. The van der Waals surface area contributed by atoms with Gasteiger partial charge in [-0.2, -0.15) is 0 Å². The average Bonchev–Trinajstić information content (AvgIpc) is 2.90. The van der Waals surface area contributed by atoms with Gasteiger partial charge in [0.15, 0.2) is 0 Å². The lowest BCUT2D eigenvalue weighted by Gasteiger charge is -2.05. The fourth-order valence-corrected chi connectivity index (χ4v) is 3.92. The van der Waals surface area contributed by atoms with Crippen molar-refractivity contribution in [1.29, 1.82) is 0 Å². The largest absolute Gasteiger partial charge is 0.357 e. The zero-order valence-electron chi connectivity index (χ0n) is 11.7. The van der Waals surface area contributed by atoms with E-state index in [1.54, 1.807) is 24.5 Å². The molecule has 0 aliphatic carbocycles. The Morgan fingerprint density at radius 3 is 2.86 bits per heavy atom. The third-order valence-corrected chi connectivity index (χ3v) is 5.16. The van der Waals surface area contributed by atoms with E-state index in [9.17, 15) is 4.39 Å². The summed E-state index contributed by atoms with van der Waals surface area (Å²) in [6.45, 7) is 2.12. The molecule has 21 heavy (non-hydrogen) atoms. The number of nitrogens with one attached hydrogen (secondary N) is 1. The van der Waals surface area contributed by atoms with Crippen LogP contribution in [0.25, 0.3) is 10.2 Å². The van der Waals surface area contributed by atoms with Gasteiger partial charge in [-0.15, -0.1) is 11.3 Å². The number of halogens is 1. The number of thiophene rings is 1. The van der Waals surface area contributed by atoms with Crippen molar-refractivity contribution in [2.24, 2.45) is 0 Å². The number of fused-ring (bicyclic) bond motifs is 1. The molecule has 1 aromatic carbocycles. The monoisotopic (exact) mass is 319 g/mol. The van der Waals surface area contributed by atoms with Gasteiger partial charge in [-0.25, -0.2) is 14.4 Å². The van der Waals surface area contributed by atoms with Crippen molar-refractivity contribution in [3.8, 4) is 0 Å². The van der Waals surface area contributed by atoms with Crippen molar-refractivity contribution < 1.29 is 4.39 Å². The lowest BCUT2D eigenvalue weighted by atomic mass is 10.3. The molecular formula is C15H14FN3S2. The summed E-state index contributed by atoms with van der Waals surface area (Å²) in [7, 11) is 1.80. The number of hydrogen-bond acceptors (Lipinski definition) is 5. The molecular weight excluding hydrogens is 305 g/mol. The zero-order valence-corrected chi connectivity index (χ0v) is 13.3. The number of benzene rings is 1. The Morgan fingerprint density at radius 1 is 1.29 bits per heavy atom. The van der Waals surface area contributed by atoms with Gasteiger partial charge in [0, 0.05) is 22.2 Å². The van der Waals surface area contributed by atoms with Crippen LogP contribution in [-0.4, -0.2) is 17.0 Å². The maximum absolute atomic E-state index is 13.3. The van der Waals surface area contributed by atoms with E-state index >= 15 is 0 Å². The highest BCUT2D eigenvalue weighted by molar-refractivity contribution is 7.99. The summed E-state index contributed by atoms with van der Waals surface area (Å²) in [6.07, 6.45) is 0.972. The summed E-state index contributed by atoms with van der Waals surface area (Å²) >= 11 is 3.14. The highest BCUT2D eigenvalue weighted by Crippen LogP contribution is 2.36. The van der Waals surface area contributed by atoms with Crippen LogP contribution < -0.4 is 5.32 Å². The van der Waals surface area contributed by atoms with Gasteiger partial charge >= 0.3 is 0 Å². The molecule has 2 aromatic heterocycles. The van der Waals surface area contributed by atoms with Crippen LogP contribution in [0, 0.1) is 5.82 Å². The average molecular weight is 319 g/mol. The van der Waals surface area contributed by atoms with Gasteiger partial charge in [0.1, 0.15) is 15.7 Å². The molecule has 0 unspecified atom stereocenters. The second-order valence-electron chi connectivity index (χ2n) is 4.45. The van der Waals surface area contributed by atoms with E-state index in [1.165, 1.54) is 28.8 Å². The van der Waals surface area contributed by atoms with E-state index < -0.39 is 0 Å². The van der Waals surface area contributed by atoms with Crippen molar-refractivity contribution in [3.05, 3.63) is 41.0 Å². The molecule has 0 radical (unpaired) electrons. The van der Waals surface area contributed by atoms with E-state index in [-0.39, 0.29) is 5.82 Å². The van der Waals surface area contributed by atoms with Crippen LogP contribution in [0.2, 0.25) is 0 Å². The molecule has 0 saturated carbocycles. The molecule has 3 aromatic rings. The first-order valence-corrected chi connectivity index (χ1v) is 8.24. The molecule has 6 heteroatoms. The Hall–Kier alpha value is -1.66. The van der Waals surface area contributed by atoms with Crippen molar-refractivity contribution in [1.82, 2.24) is 9.97 Å². The van der Waals surface area contributed by atoms with Gasteiger partial charge in [0.05, 0.1) is 0 Å². The van der Waals surface area contributed by atoms with E-state index in [1.807, 2.05) is 6.07 Å². The Bertz CT molecular complexity index is 786.